The first kappa shape index (κ1) is 21.9. The lowest BCUT2D eigenvalue weighted by atomic mass is 9.72. The molecule has 2 rings (SSSR count). The zero-order valence-electron chi connectivity index (χ0n) is 17.1. The molecule has 0 amide bonds. The topological polar surface area (TPSA) is 87.0 Å². The van der Waals surface area contributed by atoms with Gasteiger partial charge in [-0.2, -0.15) is 0 Å². The molecule has 2 aliphatic carbocycles. The molecule has 27 heavy (non-hydrogen) atoms. The zero-order valence-corrected chi connectivity index (χ0v) is 17.1. The lowest BCUT2D eigenvalue weighted by Gasteiger charge is -2.39. The normalized spacial score (nSPS) is 37.9. The van der Waals surface area contributed by atoms with E-state index in [2.05, 4.69) is 6.58 Å². The van der Waals surface area contributed by atoms with E-state index in [1.54, 1.807) is 13.0 Å². The molecule has 3 N–H and O–H groups in total. The SMILES string of the molecule is C=C1C(O)CC(C(C)C(CC=C(C)C)OC(C)=O)C(O)C2C1C=CC2(C)O. The molecule has 1 saturated carbocycles. The molecule has 0 heterocycles. The second-order valence-corrected chi connectivity index (χ2v) is 8.64. The Bertz CT molecular complexity index is 629. The van der Waals surface area contributed by atoms with Crippen LogP contribution in [0.5, 0.6) is 0 Å². The molecule has 5 nitrogen and oxygen atoms in total. The number of hydrogen-bond acceptors (Lipinski definition) is 5. The fourth-order valence-electron chi connectivity index (χ4n) is 4.58. The molecular weight excluding hydrogens is 344 g/mol. The summed E-state index contributed by atoms with van der Waals surface area (Å²) in [6, 6.07) is 0. The van der Waals surface area contributed by atoms with Crippen molar-refractivity contribution in [2.75, 3.05) is 0 Å². The van der Waals surface area contributed by atoms with Crippen molar-refractivity contribution < 1.29 is 24.9 Å². The highest BCUT2D eigenvalue weighted by molar-refractivity contribution is 5.66. The Morgan fingerprint density at radius 2 is 2.04 bits per heavy atom. The third kappa shape index (κ3) is 4.71. The van der Waals surface area contributed by atoms with Gasteiger partial charge in [0, 0.05) is 25.2 Å². The summed E-state index contributed by atoms with van der Waals surface area (Å²) in [6.07, 6.45) is 4.36. The van der Waals surface area contributed by atoms with Crippen LogP contribution < -0.4 is 0 Å². The van der Waals surface area contributed by atoms with E-state index in [-0.39, 0.29) is 23.7 Å². The molecule has 8 unspecified atom stereocenters. The number of aliphatic hydroxyl groups excluding tert-OH is 2. The van der Waals surface area contributed by atoms with Crippen molar-refractivity contribution in [3.63, 3.8) is 0 Å². The minimum absolute atomic E-state index is 0.197. The van der Waals surface area contributed by atoms with Crippen molar-refractivity contribution in [1.29, 1.82) is 0 Å². The van der Waals surface area contributed by atoms with Crippen molar-refractivity contribution in [2.24, 2.45) is 23.7 Å². The molecule has 0 aromatic carbocycles. The Morgan fingerprint density at radius 3 is 2.59 bits per heavy atom. The number of carbonyl (C=O) groups excluding carboxylic acids is 1. The van der Waals surface area contributed by atoms with Gasteiger partial charge in [-0.3, -0.25) is 4.79 Å². The van der Waals surface area contributed by atoms with Gasteiger partial charge in [-0.25, -0.2) is 0 Å². The third-order valence-corrected chi connectivity index (χ3v) is 6.20. The highest BCUT2D eigenvalue weighted by Crippen LogP contribution is 2.48. The van der Waals surface area contributed by atoms with Crippen molar-refractivity contribution in [1.82, 2.24) is 0 Å². The Labute approximate surface area is 162 Å². The molecule has 0 aliphatic heterocycles. The van der Waals surface area contributed by atoms with Gasteiger partial charge in [0.05, 0.1) is 17.8 Å². The number of esters is 1. The highest BCUT2D eigenvalue weighted by atomic mass is 16.5. The van der Waals surface area contributed by atoms with Gasteiger partial charge in [0.2, 0.25) is 0 Å². The molecule has 0 aromatic rings. The number of rotatable bonds is 5. The van der Waals surface area contributed by atoms with Gasteiger partial charge in [0.1, 0.15) is 6.10 Å². The summed E-state index contributed by atoms with van der Waals surface area (Å²) in [7, 11) is 0. The summed E-state index contributed by atoms with van der Waals surface area (Å²) in [4.78, 5) is 11.6. The Balaban J connectivity index is 2.34. The number of aliphatic hydroxyl groups is 3. The van der Waals surface area contributed by atoms with Gasteiger partial charge in [-0.15, -0.1) is 0 Å². The molecule has 8 atom stereocenters. The van der Waals surface area contributed by atoms with Crippen molar-refractivity contribution >= 4 is 5.97 Å². The molecule has 0 spiro atoms. The maximum Gasteiger partial charge on any atom is 0.302 e. The Hall–Kier alpha value is -1.43. The van der Waals surface area contributed by atoms with Crippen molar-refractivity contribution in [3.8, 4) is 0 Å². The maximum absolute atomic E-state index is 11.6. The van der Waals surface area contributed by atoms with Crippen LogP contribution in [0.25, 0.3) is 0 Å². The minimum atomic E-state index is -1.17. The average Bonchev–Trinajstić information content (AvgIpc) is 2.84. The van der Waals surface area contributed by atoms with Gasteiger partial charge in [-0.05, 0) is 44.6 Å². The van der Waals surface area contributed by atoms with E-state index in [4.69, 9.17) is 4.74 Å². The molecule has 2 aliphatic rings. The number of hydrogen-bond donors (Lipinski definition) is 3. The molecule has 152 valence electrons. The van der Waals surface area contributed by atoms with Crippen LogP contribution in [0, 0.1) is 23.7 Å². The fraction of sp³-hybridized carbons (Fsp3) is 0.682. The molecule has 0 aromatic heterocycles. The molecular formula is C22H34O5. The second kappa shape index (κ2) is 8.29. The van der Waals surface area contributed by atoms with Crippen LogP contribution in [0.2, 0.25) is 0 Å². The molecule has 5 heteroatoms. The van der Waals surface area contributed by atoms with E-state index in [1.807, 2.05) is 32.9 Å². The highest BCUT2D eigenvalue weighted by Gasteiger charge is 2.52. The first-order chi connectivity index (χ1) is 12.5. The van der Waals surface area contributed by atoms with E-state index < -0.39 is 29.8 Å². The minimum Gasteiger partial charge on any atom is -0.462 e. The van der Waals surface area contributed by atoms with E-state index >= 15 is 0 Å². The number of carbonyl (C=O) groups is 1. The summed E-state index contributed by atoms with van der Waals surface area (Å²) in [5.41, 5.74) is 0.569. The Morgan fingerprint density at radius 1 is 1.41 bits per heavy atom. The van der Waals surface area contributed by atoms with Gasteiger partial charge in [0.15, 0.2) is 0 Å². The monoisotopic (exact) mass is 378 g/mol. The standard InChI is InChI=1S/C22H34O5/c1-12(2)7-8-19(27-15(5)23)14(4)17-11-18(24)13(3)16-9-10-22(6,26)20(16)21(17)25/h7,9-10,14,16-21,24-26H,3,8,11H2,1-2,4-6H3. The lowest BCUT2D eigenvalue weighted by molar-refractivity contribution is -0.152. The van der Waals surface area contributed by atoms with Crippen LogP contribution >= 0.6 is 0 Å². The lowest BCUT2D eigenvalue weighted by Crippen LogP contribution is -2.46. The molecule has 0 radical (unpaired) electrons. The van der Waals surface area contributed by atoms with E-state index in [0.29, 0.717) is 18.4 Å². The van der Waals surface area contributed by atoms with Crippen LogP contribution in [-0.4, -0.2) is 45.2 Å². The zero-order chi connectivity index (χ0) is 20.5. The van der Waals surface area contributed by atoms with Crippen LogP contribution in [-0.2, 0) is 9.53 Å². The van der Waals surface area contributed by atoms with Crippen LogP contribution in [0.3, 0.4) is 0 Å². The van der Waals surface area contributed by atoms with E-state index in [9.17, 15) is 20.1 Å². The third-order valence-electron chi connectivity index (χ3n) is 6.20. The summed E-state index contributed by atoms with van der Waals surface area (Å²) in [6.45, 7) is 13.0. The Kier molecular flexibility index (Phi) is 6.72. The smallest absolute Gasteiger partial charge is 0.302 e. The summed E-state index contributed by atoms with van der Waals surface area (Å²) >= 11 is 0. The fourth-order valence-corrected chi connectivity index (χ4v) is 4.58. The number of allylic oxidation sites excluding steroid dienone is 2. The van der Waals surface area contributed by atoms with E-state index in [0.717, 1.165) is 5.57 Å². The molecule has 0 saturated heterocycles. The van der Waals surface area contributed by atoms with Gasteiger partial charge >= 0.3 is 5.97 Å². The number of ether oxygens (including phenoxy) is 1. The average molecular weight is 379 g/mol. The van der Waals surface area contributed by atoms with Crippen LogP contribution in [0.4, 0.5) is 0 Å². The van der Waals surface area contributed by atoms with E-state index in [1.165, 1.54) is 6.92 Å². The maximum atomic E-state index is 11.6. The summed E-state index contributed by atoms with van der Waals surface area (Å²) in [5, 5.41) is 32.6. The molecule has 1 fully saturated rings. The largest absolute Gasteiger partial charge is 0.462 e. The van der Waals surface area contributed by atoms with Crippen LogP contribution in [0.1, 0.15) is 47.5 Å². The first-order valence-corrected chi connectivity index (χ1v) is 9.72. The first-order valence-electron chi connectivity index (χ1n) is 9.72. The van der Waals surface area contributed by atoms with Crippen molar-refractivity contribution in [2.45, 2.75) is 71.4 Å². The predicted octanol–water partition coefficient (Wildman–Crippen LogP) is 2.76. The second-order valence-electron chi connectivity index (χ2n) is 8.64. The summed E-state index contributed by atoms with van der Waals surface area (Å²) in [5.74, 6) is -1.65. The predicted molar refractivity (Wildman–Crippen MR) is 105 cm³/mol. The summed E-state index contributed by atoms with van der Waals surface area (Å²) < 4.78 is 5.55. The van der Waals surface area contributed by atoms with Gasteiger partial charge in [0.25, 0.3) is 0 Å². The number of fused-ring (bicyclic) bond motifs is 1. The van der Waals surface area contributed by atoms with Gasteiger partial charge in [-0.1, -0.05) is 37.3 Å². The molecule has 0 bridgehead atoms. The van der Waals surface area contributed by atoms with Crippen LogP contribution in [0.15, 0.2) is 36.0 Å². The van der Waals surface area contributed by atoms with Crippen molar-refractivity contribution in [3.05, 3.63) is 36.0 Å². The van der Waals surface area contributed by atoms with Gasteiger partial charge < -0.3 is 20.1 Å². The quantitative estimate of drug-likeness (QED) is 0.506.